The van der Waals surface area contributed by atoms with Gasteiger partial charge in [-0.3, -0.25) is 0 Å². The van der Waals surface area contributed by atoms with E-state index in [4.69, 9.17) is 0 Å². The largest absolute Gasteiger partial charge is 0.872 e. The zero-order valence-electron chi connectivity index (χ0n) is 70.8. The number of phenolic OH excluding ortho intramolecular Hbond substituents is 2. The van der Waals surface area contributed by atoms with E-state index in [9.17, 15) is 35.7 Å². The molecule has 0 atom stereocenters. The van der Waals surface area contributed by atoms with Gasteiger partial charge in [-0.25, -0.2) is 22.8 Å². The van der Waals surface area contributed by atoms with Crippen molar-refractivity contribution in [2.45, 2.75) is 31.7 Å². The van der Waals surface area contributed by atoms with Gasteiger partial charge in [0.25, 0.3) is 0 Å². The lowest BCUT2D eigenvalue weighted by atomic mass is 10.1. The van der Waals surface area contributed by atoms with E-state index in [2.05, 4.69) is 69.4 Å². The molecule has 19 aromatic rings. The highest BCUT2D eigenvalue weighted by atomic mass is 16.3. The van der Waals surface area contributed by atoms with Crippen LogP contribution in [0.4, 0.5) is 11.4 Å². The van der Waals surface area contributed by atoms with E-state index in [1.807, 2.05) is 384 Å². The summed E-state index contributed by atoms with van der Waals surface area (Å²) < 4.78 is 16.2. The lowest BCUT2D eigenvalue weighted by Gasteiger charge is -2.16. The number of hydrogen-bond acceptors (Lipinski definition) is 7. The maximum atomic E-state index is 11.4. The third-order valence-corrected chi connectivity index (χ3v) is 20.5. The molecule has 0 unspecified atom stereocenters. The molecule has 11 aromatic carbocycles. The number of aryl methyl sites for hydroxylation is 4. The van der Waals surface area contributed by atoms with Crippen LogP contribution in [0.1, 0.15) is 43.0 Å². The number of hydrogen-bond donors (Lipinski definition) is 3. The Morgan fingerprint density at radius 3 is 1.47 bits per heavy atom. The van der Waals surface area contributed by atoms with Gasteiger partial charge in [-0.1, -0.05) is 182 Å². The molecule has 0 bridgehead atoms. The first-order chi connectivity index (χ1) is 61.5. The van der Waals surface area contributed by atoms with E-state index in [-0.39, 0.29) is 28.7 Å². The summed E-state index contributed by atoms with van der Waals surface area (Å²) in [5, 5.41) is 80.5. The Morgan fingerprint density at radius 1 is 0.349 bits per heavy atom. The molecule has 0 saturated heterocycles. The van der Waals surface area contributed by atoms with Crippen LogP contribution >= 0.6 is 0 Å². The Labute approximate surface area is 735 Å². The standard InChI is InChI=1S/C17H13NO.C15H11NO.C14H13NO.C12H12N2.C11H9NO.3C10H9NO.C10H14N/c19-17-10-6-15(7-11-17)14-4-8-16(9-5-14)18-12-2-1-3-13-18;17-15-9-8-14(16-10-4-1-5-11-16)12-6-2-3-7-13(12)15;1-15-10-3-2-6-13(15)9-8-12-5-4-7-14(16)11-12;1-3-7-11(8-4-1)13-14-12-9-5-2-6-10-12;13-11-6-4-10(5-7-11)12-8-2-1-3-9-12;1-11-7-3-5-8-4-2-6-9(12)10(8)11;1-11-6-2-3-8-7-9(12)4-5-10(8)11;1-11-6-5-9-8(7-11)3-2-4-10(9)12;1-4-8-11(9-5-1)10-6-2-3-7-10/h1-13H;1-11H;2-11H,1H3;1-10H,13H2;1-9H;3*2-7H,1H3;1,4-5,8-10H,2-3,6-7H2/q;;;;;;;;+1/p+2/b;;9-8+;;;;;;. The monoisotopic (exact) mass is 1660 g/mol. The fourth-order valence-corrected chi connectivity index (χ4v) is 13.9. The second-order valence-corrected chi connectivity index (χ2v) is 29.5. The van der Waals surface area contributed by atoms with Crippen LogP contribution in [0, 0.1) is 0 Å². The van der Waals surface area contributed by atoms with Crippen molar-refractivity contribution in [2.75, 3.05) is 0 Å². The predicted molar refractivity (Wildman–Crippen MR) is 487 cm³/mol. The van der Waals surface area contributed by atoms with Crippen LogP contribution in [0.5, 0.6) is 40.2 Å². The first-order valence-electron chi connectivity index (χ1n) is 41.5. The SMILES string of the molecule is C[n+]1ccc2c([O-])cccc2c1.C[n+]1cccc2cc(O)ccc21.C[n+]1cccc2cccc([O-])c21.C[n+]1ccccc1/C=C/c1cccc([O-])c1.Oc1ccc(-[n+]2ccccc2)c2ccccc12.[O-]c1ccc(-[n+]2ccccc2)cc1.[O-]c1ccc(-c2ccc(-[n+]3ccccc3)cc2)cc1.c1cc[n+](C2CCCC2)cc1.c1ccc([N-][NH2+]c2ccccc2)cc1. The number of benzene rings is 11. The van der Waals surface area contributed by atoms with Crippen molar-refractivity contribution in [1.29, 1.82) is 0 Å². The fraction of sp³-hybridized carbons (Fsp3) is 0.0826. The summed E-state index contributed by atoms with van der Waals surface area (Å²) in [6.45, 7) is 0. The Hall–Kier alpha value is -16.2. The van der Waals surface area contributed by atoms with Crippen molar-refractivity contribution in [3.63, 3.8) is 0 Å². The average Bonchev–Trinajstić information content (AvgIpc) is 0.941. The molecule has 1 fully saturated rings. The van der Waals surface area contributed by atoms with Gasteiger partial charge in [0.15, 0.2) is 86.6 Å². The zero-order valence-corrected chi connectivity index (χ0v) is 70.8. The van der Waals surface area contributed by atoms with Crippen molar-refractivity contribution in [2.24, 2.45) is 28.2 Å². The summed E-state index contributed by atoms with van der Waals surface area (Å²) in [5.41, 5.74) is 17.6. The molecule has 20 rings (SSSR count). The smallest absolute Gasteiger partial charge is 0.218 e. The number of phenols is 2. The van der Waals surface area contributed by atoms with Crippen molar-refractivity contribution < 1.29 is 77.7 Å². The number of nitrogens with zero attached hydrogens (tertiary/aromatic N) is 9. The van der Waals surface area contributed by atoms with Crippen molar-refractivity contribution in [3.05, 3.63) is 467 Å². The Morgan fingerprint density at radius 2 is 0.849 bits per heavy atom. The number of fused-ring (bicyclic) bond motifs is 4. The molecule has 4 N–H and O–H groups in total. The van der Waals surface area contributed by atoms with Crippen LogP contribution in [-0.4, -0.2) is 10.2 Å². The van der Waals surface area contributed by atoms with Gasteiger partial charge in [0, 0.05) is 156 Å². The Bertz CT molecular complexity index is 6420. The fourth-order valence-electron chi connectivity index (χ4n) is 13.9. The minimum Gasteiger partial charge on any atom is -0.872 e. The van der Waals surface area contributed by atoms with Crippen LogP contribution in [0.25, 0.3) is 89.1 Å². The molecule has 8 heterocycles. The van der Waals surface area contributed by atoms with Gasteiger partial charge in [-0.2, -0.15) is 13.7 Å². The highest BCUT2D eigenvalue weighted by molar-refractivity contribution is 5.93. The number of rotatable bonds is 10. The topological polar surface area (TPSA) is 218 Å². The summed E-state index contributed by atoms with van der Waals surface area (Å²) in [4.78, 5) is 0. The van der Waals surface area contributed by atoms with Gasteiger partial charge < -0.3 is 46.6 Å². The second-order valence-electron chi connectivity index (χ2n) is 29.5. The van der Waals surface area contributed by atoms with E-state index in [1.54, 1.807) is 84.9 Å². The van der Waals surface area contributed by atoms with E-state index < -0.39 is 0 Å². The molecule has 0 spiro atoms. The van der Waals surface area contributed by atoms with Gasteiger partial charge in [0.05, 0.1) is 5.39 Å². The number of quaternary nitrogens is 1. The third kappa shape index (κ3) is 26.9. The lowest BCUT2D eigenvalue weighted by Crippen LogP contribution is -2.71. The molecule has 0 radical (unpaired) electrons. The molecule has 1 saturated carbocycles. The Kier molecular flexibility index (Phi) is 32.9. The molecule has 0 aliphatic heterocycles. The van der Waals surface area contributed by atoms with E-state index in [1.165, 1.54) is 25.7 Å². The minimum absolute atomic E-state index is 0.0413. The maximum absolute atomic E-state index is 11.4. The summed E-state index contributed by atoms with van der Waals surface area (Å²) in [6, 6.07) is 117. The van der Waals surface area contributed by atoms with E-state index in [0.29, 0.717) is 11.5 Å². The molecule has 17 heteroatoms. The molecule has 17 nitrogen and oxygen atoms in total. The molecule has 126 heavy (non-hydrogen) atoms. The molecular formula is C109H101N10O7+3. The van der Waals surface area contributed by atoms with Crippen molar-refractivity contribution in [3.8, 4) is 68.4 Å². The van der Waals surface area contributed by atoms with E-state index in [0.717, 1.165) is 100 Å². The molecule has 1 aliphatic rings. The van der Waals surface area contributed by atoms with Crippen LogP contribution in [0.3, 0.4) is 0 Å². The minimum atomic E-state index is 0.0413. The molecule has 0 amide bonds. The molecule has 8 aromatic heterocycles. The summed E-state index contributed by atoms with van der Waals surface area (Å²) in [7, 11) is 7.80. The normalized spacial score (nSPS) is 11.1. The first kappa shape index (κ1) is 89.0. The summed E-state index contributed by atoms with van der Waals surface area (Å²) in [6.07, 6.45) is 35.4. The van der Waals surface area contributed by atoms with Gasteiger partial charge >= 0.3 is 0 Å². The number of nitrogens with two attached hydrogens (primary N) is 1. The van der Waals surface area contributed by atoms with Crippen molar-refractivity contribution in [1.82, 2.24) is 0 Å². The van der Waals surface area contributed by atoms with Gasteiger partial charge in [-0.15, -0.1) is 23.0 Å². The third-order valence-electron chi connectivity index (χ3n) is 20.5. The first-order valence-corrected chi connectivity index (χ1v) is 41.5. The summed E-state index contributed by atoms with van der Waals surface area (Å²) >= 11 is 0. The Balaban J connectivity index is 0.000000130. The molecular weight excluding hydrogens is 1560 g/mol. The molecule has 626 valence electrons. The highest BCUT2D eigenvalue weighted by Gasteiger charge is 2.22. The average molecular weight is 1660 g/mol. The van der Waals surface area contributed by atoms with Crippen LogP contribution < -0.4 is 67.5 Å². The highest BCUT2D eigenvalue weighted by Crippen LogP contribution is 2.29. The van der Waals surface area contributed by atoms with E-state index >= 15 is 0 Å². The van der Waals surface area contributed by atoms with Gasteiger partial charge in [-0.05, 0) is 126 Å². The van der Waals surface area contributed by atoms with Gasteiger partial charge in [0.2, 0.25) is 33.8 Å². The summed E-state index contributed by atoms with van der Waals surface area (Å²) in [5.74, 6) is 0.929. The second kappa shape index (κ2) is 46.5. The number of pyridine rings is 8. The van der Waals surface area contributed by atoms with Gasteiger partial charge in [0.1, 0.15) is 45.4 Å². The lowest BCUT2D eigenvalue weighted by molar-refractivity contribution is -0.721. The zero-order chi connectivity index (χ0) is 88.0. The van der Waals surface area contributed by atoms with Crippen LogP contribution in [0.15, 0.2) is 451 Å². The number of aromatic hydroxyl groups is 2. The quantitative estimate of drug-likeness (QED) is 0.0520. The number of aromatic nitrogens is 8. The van der Waals surface area contributed by atoms with Crippen LogP contribution in [-0.2, 0) is 28.2 Å². The van der Waals surface area contributed by atoms with Crippen molar-refractivity contribution >= 4 is 66.9 Å². The number of para-hydroxylation sites is 1. The predicted octanol–water partition coefficient (Wildman–Crippen LogP) is 15.8. The molecule has 1 aliphatic carbocycles. The maximum Gasteiger partial charge on any atom is 0.218 e. The van der Waals surface area contributed by atoms with Crippen LogP contribution in [0.2, 0.25) is 0 Å².